The van der Waals surface area contributed by atoms with Gasteiger partial charge in [0.05, 0.1) is 11.4 Å². The van der Waals surface area contributed by atoms with E-state index in [1.54, 1.807) is 6.08 Å². The number of nitrogens with zero attached hydrogens (tertiary/aromatic N) is 1. The number of hydrogen-bond donors (Lipinski definition) is 3. The average molecular weight is 312 g/mol. The monoisotopic (exact) mass is 312 g/mol. The second-order valence-corrected chi connectivity index (χ2v) is 5.22. The first-order valence-corrected chi connectivity index (χ1v) is 7.99. The molecule has 0 unspecified atom stereocenters. The van der Waals surface area contributed by atoms with Crippen LogP contribution >= 0.6 is 0 Å². The molecule has 0 aliphatic rings. The number of unbranched alkanes of at least 4 members (excludes halogenated alkanes) is 1. The van der Waals surface area contributed by atoms with Gasteiger partial charge in [-0.2, -0.15) is 0 Å². The van der Waals surface area contributed by atoms with Crippen molar-refractivity contribution in [3.8, 4) is 0 Å². The lowest BCUT2D eigenvalue weighted by molar-refractivity contribution is 0.834. The third-order valence-electron chi connectivity index (χ3n) is 3.31. The van der Waals surface area contributed by atoms with Crippen molar-refractivity contribution in [3.63, 3.8) is 0 Å². The lowest BCUT2D eigenvalue weighted by Crippen LogP contribution is -2.01. The maximum Gasteiger partial charge on any atom is 0.0881 e. The Balaban J connectivity index is 2.98. The van der Waals surface area contributed by atoms with Crippen molar-refractivity contribution in [2.24, 2.45) is 10.7 Å². The number of anilines is 2. The average Bonchev–Trinajstić information content (AvgIpc) is 2.55. The molecule has 23 heavy (non-hydrogen) atoms. The van der Waals surface area contributed by atoms with Gasteiger partial charge in [-0.25, -0.2) is 0 Å². The van der Waals surface area contributed by atoms with E-state index in [4.69, 9.17) is 5.73 Å². The zero-order valence-corrected chi connectivity index (χ0v) is 14.4. The molecule has 4 heteroatoms. The van der Waals surface area contributed by atoms with Crippen LogP contribution in [-0.2, 0) is 0 Å². The summed E-state index contributed by atoms with van der Waals surface area (Å²) in [7, 11) is 1.90. The van der Waals surface area contributed by atoms with E-state index in [2.05, 4.69) is 35.2 Å². The van der Waals surface area contributed by atoms with Crippen LogP contribution in [0.4, 0.5) is 17.1 Å². The highest BCUT2D eigenvalue weighted by Gasteiger charge is 2.02. The molecule has 1 rings (SSSR count). The van der Waals surface area contributed by atoms with Crippen LogP contribution < -0.4 is 16.4 Å². The molecule has 0 fully saturated rings. The lowest BCUT2D eigenvalue weighted by atomic mass is 10.2. The van der Waals surface area contributed by atoms with Gasteiger partial charge in [0, 0.05) is 31.2 Å². The van der Waals surface area contributed by atoms with Crippen LogP contribution in [-0.4, -0.2) is 19.8 Å². The van der Waals surface area contributed by atoms with Crippen LogP contribution in [0, 0.1) is 0 Å². The van der Waals surface area contributed by atoms with Crippen molar-refractivity contribution < 1.29 is 0 Å². The second kappa shape index (κ2) is 10.3. The highest BCUT2D eigenvalue weighted by Crippen LogP contribution is 2.28. The fourth-order valence-corrected chi connectivity index (χ4v) is 1.90. The van der Waals surface area contributed by atoms with Gasteiger partial charge in [-0.1, -0.05) is 32.1 Å². The van der Waals surface area contributed by atoms with Crippen molar-refractivity contribution in [2.45, 2.75) is 26.7 Å². The summed E-state index contributed by atoms with van der Waals surface area (Å²) >= 11 is 0. The third kappa shape index (κ3) is 6.87. The van der Waals surface area contributed by atoms with Crippen molar-refractivity contribution >= 4 is 23.3 Å². The van der Waals surface area contributed by atoms with Crippen molar-refractivity contribution in [1.82, 2.24) is 0 Å². The Hall–Kier alpha value is -2.49. The minimum Gasteiger partial charge on any atom is -0.399 e. The van der Waals surface area contributed by atoms with Gasteiger partial charge in [0.15, 0.2) is 0 Å². The van der Waals surface area contributed by atoms with Gasteiger partial charge in [-0.05, 0) is 43.2 Å². The number of hydrogen-bond acceptors (Lipinski definition) is 4. The Bertz CT molecular complexity index is 597. The maximum absolute atomic E-state index is 5.56. The highest BCUT2D eigenvalue weighted by molar-refractivity contribution is 5.87. The van der Waals surface area contributed by atoms with Crippen molar-refractivity contribution in [3.05, 3.63) is 54.3 Å². The molecule has 4 nitrogen and oxygen atoms in total. The minimum atomic E-state index is 0.525. The van der Waals surface area contributed by atoms with Gasteiger partial charge in [0.2, 0.25) is 0 Å². The molecule has 0 atom stereocenters. The van der Waals surface area contributed by atoms with E-state index < -0.39 is 0 Å². The van der Waals surface area contributed by atoms with Crippen LogP contribution in [0.1, 0.15) is 26.7 Å². The van der Waals surface area contributed by atoms with E-state index in [1.807, 2.05) is 44.5 Å². The molecule has 0 aliphatic carbocycles. The van der Waals surface area contributed by atoms with Gasteiger partial charge in [-0.3, -0.25) is 4.99 Å². The topological polar surface area (TPSA) is 62.4 Å². The number of aliphatic imine (C=N–C) groups is 1. The van der Waals surface area contributed by atoms with Crippen LogP contribution in [0.2, 0.25) is 0 Å². The third-order valence-corrected chi connectivity index (χ3v) is 3.31. The predicted molar refractivity (Wildman–Crippen MR) is 104 cm³/mol. The number of nitrogens with two attached hydrogens (primary N) is 1. The molecule has 1 aromatic carbocycles. The van der Waals surface area contributed by atoms with E-state index in [0.717, 1.165) is 42.0 Å². The summed E-state index contributed by atoms with van der Waals surface area (Å²) in [6.45, 7) is 8.75. The summed E-state index contributed by atoms with van der Waals surface area (Å²) in [5.41, 5.74) is 10.0. The fraction of sp³-hybridized carbons (Fsp3) is 0.316. The van der Waals surface area contributed by atoms with E-state index in [9.17, 15) is 0 Å². The van der Waals surface area contributed by atoms with Gasteiger partial charge in [0.1, 0.15) is 0 Å². The van der Waals surface area contributed by atoms with Crippen LogP contribution in [0.3, 0.4) is 0 Å². The van der Waals surface area contributed by atoms with E-state index >= 15 is 0 Å². The van der Waals surface area contributed by atoms with Crippen LogP contribution in [0.15, 0.2) is 59.3 Å². The zero-order valence-electron chi connectivity index (χ0n) is 14.4. The van der Waals surface area contributed by atoms with Gasteiger partial charge in [-0.15, -0.1) is 0 Å². The number of rotatable bonds is 9. The summed E-state index contributed by atoms with van der Waals surface area (Å²) < 4.78 is 0. The Morgan fingerprint density at radius 2 is 2.13 bits per heavy atom. The van der Waals surface area contributed by atoms with Crippen LogP contribution in [0.25, 0.3) is 0 Å². The summed E-state index contributed by atoms with van der Waals surface area (Å²) in [6.07, 6.45) is 9.78. The SMILES string of the molecule is C=C(N)/C=C\C(C=Nc1cc(NC)ccc1NCCCC)=C/C. The predicted octanol–water partition coefficient (Wildman–Crippen LogP) is 4.62. The normalized spacial score (nSPS) is 12.0. The lowest BCUT2D eigenvalue weighted by Gasteiger charge is -2.10. The van der Waals surface area contributed by atoms with E-state index in [0.29, 0.717) is 5.70 Å². The minimum absolute atomic E-state index is 0.525. The summed E-state index contributed by atoms with van der Waals surface area (Å²) in [6, 6.07) is 6.13. The molecule has 0 aromatic heterocycles. The molecule has 0 amide bonds. The number of nitrogens with one attached hydrogen (secondary N) is 2. The van der Waals surface area contributed by atoms with Gasteiger partial charge < -0.3 is 16.4 Å². The molecular weight excluding hydrogens is 284 g/mol. The van der Waals surface area contributed by atoms with Crippen LogP contribution in [0.5, 0.6) is 0 Å². The highest BCUT2D eigenvalue weighted by atomic mass is 14.9. The van der Waals surface area contributed by atoms with Gasteiger partial charge in [0.25, 0.3) is 0 Å². The smallest absolute Gasteiger partial charge is 0.0881 e. The molecule has 4 N–H and O–H groups in total. The molecule has 0 heterocycles. The summed E-state index contributed by atoms with van der Waals surface area (Å²) in [5.74, 6) is 0. The molecule has 0 spiro atoms. The second-order valence-electron chi connectivity index (χ2n) is 5.22. The first-order chi connectivity index (χ1) is 11.1. The standard InChI is InChI=1S/C19H28N4/c1-5-7-12-22-18-11-10-17(21-4)13-19(18)23-14-16(6-2)9-8-15(3)20/h6,8-11,13-14,21-22H,3,5,7,12,20H2,1-2,4H3/b9-8-,16-6+,23-14?. The molecular formula is C19H28N4. The molecule has 0 saturated heterocycles. The van der Waals surface area contributed by atoms with Crippen molar-refractivity contribution in [2.75, 3.05) is 24.2 Å². The molecule has 0 radical (unpaired) electrons. The van der Waals surface area contributed by atoms with E-state index in [-0.39, 0.29) is 0 Å². The molecule has 0 saturated carbocycles. The Labute approximate surface area is 139 Å². The summed E-state index contributed by atoms with van der Waals surface area (Å²) in [5, 5.41) is 6.59. The number of benzene rings is 1. The zero-order chi connectivity index (χ0) is 17.1. The number of allylic oxidation sites excluding steroid dienone is 4. The largest absolute Gasteiger partial charge is 0.399 e. The molecule has 124 valence electrons. The Morgan fingerprint density at radius 3 is 2.74 bits per heavy atom. The first-order valence-electron chi connectivity index (χ1n) is 7.99. The quantitative estimate of drug-likeness (QED) is 0.354. The summed E-state index contributed by atoms with van der Waals surface area (Å²) in [4.78, 5) is 4.63. The Kier molecular flexibility index (Phi) is 8.29. The molecule has 0 bridgehead atoms. The van der Waals surface area contributed by atoms with Gasteiger partial charge >= 0.3 is 0 Å². The fourth-order valence-electron chi connectivity index (χ4n) is 1.90. The maximum atomic E-state index is 5.56. The Morgan fingerprint density at radius 1 is 1.35 bits per heavy atom. The van der Waals surface area contributed by atoms with E-state index in [1.165, 1.54) is 0 Å². The molecule has 1 aromatic rings. The van der Waals surface area contributed by atoms with Crippen molar-refractivity contribution in [1.29, 1.82) is 0 Å². The first kappa shape index (κ1) is 18.6. The molecule has 0 aliphatic heterocycles.